The Morgan fingerprint density at radius 3 is 2.60 bits per heavy atom. The number of nitrogens with zero attached hydrogens (tertiary/aromatic N) is 4. The molecule has 1 aliphatic heterocycles. The van der Waals surface area contributed by atoms with Crippen LogP contribution in [0.15, 0.2) is 36.9 Å². The van der Waals surface area contributed by atoms with Gasteiger partial charge < -0.3 is 4.90 Å². The summed E-state index contributed by atoms with van der Waals surface area (Å²) >= 11 is 0. The number of aryl methyl sites for hydroxylation is 1. The summed E-state index contributed by atoms with van der Waals surface area (Å²) in [5.74, 6) is 1.73. The van der Waals surface area contributed by atoms with Gasteiger partial charge in [0.05, 0.1) is 6.20 Å². The summed E-state index contributed by atoms with van der Waals surface area (Å²) in [5, 5.41) is 0. The molecule has 1 fully saturated rings. The average Bonchev–Trinajstić information content (AvgIpc) is 2.51. The predicted molar refractivity (Wildman–Crippen MR) is 79.6 cm³/mol. The van der Waals surface area contributed by atoms with Crippen molar-refractivity contribution in [3.8, 4) is 0 Å². The van der Waals surface area contributed by atoms with Crippen molar-refractivity contribution in [2.24, 2.45) is 5.92 Å². The van der Waals surface area contributed by atoms with Gasteiger partial charge in [-0.05, 0) is 43.7 Å². The van der Waals surface area contributed by atoms with Crippen molar-refractivity contribution in [2.75, 3.05) is 18.0 Å². The average molecular weight is 268 g/mol. The molecule has 1 aliphatic rings. The van der Waals surface area contributed by atoms with E-state index >= 15 is 0 Å². The van der Waals surface area contributed by atoms with E-state index < -0.39 is 0 Å². The lowest BCUT2D eigenvalue weighted by molar-refractivity contribution is 0.399. The van der Waals surface area contributed by atoms with Crippen molar-refractivity contribution < 1.29 is 0 Å². The first-order valence-corrected chi connectivity index (χ1v) is 7.24. The van der Waals surface area contributed by atoms with Crippen molar-refractivity contribution in [3.63, 3.8) is 0 Å². The minimum absolute atomic E-state index is 0.734. The smallest absolute Gasteiger partial charge is 0.147 e. The Hall–Kier alpha value is -1.97. The Bertz CT molecular complexity index is 530. The number of pyridine rings is 1. The molecule has 3 heterocycles. The predicted octanol–water partition coefficient (Wildman–Crippen LogP) is 2.64. The molecule has 0 spiro atoms. The molecule has 1 saturated heterocycles. The Balaban J connectivity index is 1.55. The molecule has 20 heavy (non-hydrogen) atoms. The maximum atomic E-state index is 4.51. The summed E-state index contributed by atoms with van der Waals surface area (Å²) in [4.78, 5) is 15.4. The molecule has 0 aromatic carbocycles. The third-order valence-corrected chi connectivity index (χ3v) is 3.96. The summed E-state index contributed by atoms with van der Waals surface area (Å²) < 4.78 is 0. The second kappa shape index (κ2) is 5.99. The van der Waals surface area contributed by atoms with Crippen LogP contribution in [-0.4, -0.2) is 28.0 Å². The normalized spacial score (nSPS) is 16.4. The van der Waals surface area contributed by atoms with E-state index in [0.717, 1.165) is 31.2 Å². The first-order valence-electron chi connectivity index (χ1n) is 7.24. The van der Waals surface area contributed by atoms with Crippen LogP contribution in [0.25, 0.3) is 0 Å². The highest BCUT2D eigenvalue weighted by atomic mass is 15.2. The summed E-state index contributed by atoms with van der Waals surface area (Å²) in [6, 6.07) is 4.31. The Kier molecular flexibility index (Phi) is 3.90. The fourth-order valence-electron chi connectivity index (χ4n) is 2.74. The van der Waals surface area contributed by atoms with Crippen molar-refractivity contribution in [2.45, 2.75) is 26.2 Å². The lowest BCUT2D eigenvalue weighted by Gasteiger charge is -2.32. The molecule has 0 N–H and O–H groups in total. The van der Waals surface area contributed by atoms with Crippen LogP contribution >= 0.6 is 0 Å². The molecule has 3 rings (SSSR count). The van der Waals surface area contributed by atoms with Crippen LogP contribution in [0.5, 0.6) is 0 Å². The molecule has 2 aromatic rings. The first-order chi connectivity index (χ1) is 9.81. The number of aromatic nitrogens is 3. The number of rotatable bonds is 3. The van der Waals surface area contributed by atoms with E-state index in [1.807, 2.05) is 12.4 Å². The number of anilines is 1. The molecular weight excluding hydrogens is 248 g/mol. The zero-order valence-electron chi connectivity index (χ0n) is 11.9. The van der Waals surface area contributed by atoms with E-state index in [-0.39, 0.29) is 0 Å². The SMILES string of the molecule is Cc1ccc(CC2CCN(c3cnccn3)CC2)nc1. The van der Waals surface area contributed by atoms with Gasteiger partial charge in [-0.2, -0.15) is 0 Å². The number of piperidine rings is 1. The zero-order valence-corrected chi connectivity index (χ0v) is 11.9. The second-order valence-electron chi connectivity index (χ2n) is 5.53. The van der Waals surface area contributed by atoms with Crippen LogP contribution in [0.4, 0.5) is 5.82 Å². The van der Waals surface area contributed by atoms with Gasteiger partial charge in [0.15, 0.2) is 0 Å². The van der Waals surface area contributed by atoms with Crippen LogP contribution in [0.3, 0.4) is 0 Å². The Morgan fingerprint density at radius 2 is 1.95 bits per heavy atom. The highest BCUT2D eigenvalue weighted by Gasteiger charge is 2.20. The van der Waals surface area contributed by atoms with Crippen molar-refractivity contribution in [1.82, 2.24) is 15.0 Å². The molecule has 2 aromatic heterocycles. The van der Waals surface area contributed by atoms with Gasteiger partial charge in [0.2, 0.25) is 0 Å². The summed E-state index contributed by atoms with van der Waals surface area (Å²) in [6.07, 6.45) is 10.8. The molecule has 0 aliphatic carbocycles. The molecule has 4 heteroatoms. The van der Waals surface area contributed by atoms with E-state index in [1.54, 1.807) is 12.4 Å². The molecule has 0 atom stereocenters. The molecular formula is C16H20N4. The Labute approximate surface area is 119 Å². The maximum absolute atomic E-state index is 4.51. The maximum Gasteiger partial charge on any atom is 0.147 e. The highest BCUT2D eigenvalue weighted by Crippen LogP contribution is 2.23. The van der Waals surface area contributed by atoms with Crippen LogP contribution in [0, 0.1) is 12.8 Å². The van der Waals surface area contributed by atoms with Gasteiger partial charge in [-0.15, -0.1) is 0 Å². The second-order valence-corrected chi connectivity index (χ2v) is 5.53. The first kappa shape index (κ1) is 13.0. The van der Waals surface area contributed by atoms with Crippen LogP contribution in [-0.2, 0) is 6.42 Å². The van der Waals surface area contributed by atoms with Gasteiger partial charge in [0.1, 0.15) is 5.82 Å². The van der Waals surface area contributed by atoms with E-state index in [9.17, 15) is 0 Å². The fourth-order valence-corrected chi connectivity index (χ4v) is 2.74. The lowest BCUT2D eigenvalue weighted by atomic mass is 9.92. The molecule has 0 saturated carbocycles. The van der Waals surface area contributed by atoms with Gasteiger partial charge >= 0.3 is 0 Å². The Morgan fingerprint density at radius 1 is 1.10 bits per heavy atom. The van der Waals surface area contributed by atoms with Crippen molar-refractivity contribution in [3.05, 3.63) is 48.2 Å². The number of hydrogen-bond acceptors (Lipinski definition) is 4. The van der Waals surface area contributed by atoms with E-state index in [4.69, 9.17) is 0 Å². The van der Waals surface area contributed by atoms with Gasteiger partial charge in [0.25, 0.3) is 0 Å². The largest absolute Gasteiger partial charge is 0.355 e. The standard InChI is InChI=1S/C16H20N4/c1-13-2-3-15(19-11-13)10-14-4-8-20(9-5-14)16-12-17-6-7-18-16/h2-3,6-7,11-12,14H,4-5,8-10H2,1H3. The third kappa shape index (κ3) is 3.13. The van der Waals surface area contributed by atoms with E-state index in [1.165, 1.54) is 24.1 Å². The van der Waals surface area contributed by atoms with Crippen LogP contribution in [0.2, 0.25) is 0 Å². The molecule has 4 nitrogen and oxygen atoms in total. The molecule has 0 radical (unpaired) electrons. The van der Waals surface area contributed by atoms with Crippen LogP contribution < -0.4 is 4.90 Å². The minimum atomic E-state index is 0.734. The van der Waals surface area contributed by atoms with Crippen molar-refractivity contribution in [1.29, 1.82) is 0 Å². The molecule has 0 amide bonds. The fraction of sp³-hybridized carbons (Fsp3) is 0.438. The van der Waals surface area contributed by atoms with Gasteiger partial charge in [-0.25, -0.2) is 4.98 Å². The van der Waals surface area contributed by atoms with Gasteiger partial charge in [0, 0.05) is 37.4 Å². The third-order valence-electron chi connectivity index (χ3n) is 3.96. The molecule has 104 valence electrons. The monoisotopic (exact) mass is 268 g/mol. The topological polar surface area (TPSA) is 41.9 Å². The minimum Gasteiger partial charge on any atom is -0.355 e. The van der Waals surface area contributed by atoms with Gasteiger partial charge in [-0.3, -0.25) is 9.97 Å². The van der Waals surface area contributed by atoms with Crippen molar-refractivity contribution >= 4 is 5.82 Å². The highest BCUT2D eigenvalue weighted by molar-refractivity contribution is 5.35. The summed E-state index contributed by atoms with van der Waals surface area (Å²) in [7, 11) is 0. The quantitative estimate of drug-likeness (QED) is 0.858. The summed E-state index contributed by atoms with van der Waals surface area (Å²) in [5.41, 5.74) is 2.44. The lowest BCUT2D eigenvalue weighted by Crippen LogP contribution is -2.34. The molecule has 0 bridgehead atoms. The van der Waals surface area contributed by atoms with Crippen LogP contribution in [0.1, 0.15) is 24.1 Å². The van der Waals surface area contributed by atoms with E-state index in [0.29, 0.717) is 0 Å². The number of hydrogen-bond donors (Lipinski definition) is 0. The zero-order chi connectivity index (χ0) is 13.8. The molecule has 0 unspecified atom stereocenters. The summed E-state index contributed by atoms with van der Waals surface area (Å²) in [6.45, 7) is 4.21. The van der Waals surface area contributed by atoms with Gasteiger partial charge in [-0.1, -0.05) is 6.07 Å². The van der Waals surface area contributed by atoms with E-state index in [2.05, 4.69) is 38.9 Å².